The first kappa shape index (κ1) is 34.8. The van der Waals surface area contributed by atoms with E-state index >= 15 is 0 Å². The van der Waals surface area contributed by atoms with Gasteiger partial charge in [0, 0.05) is 46.3 Å². The second kappa shape index (κ2) is 14.3. The Hall–Kier alpha value is -6.56. The van der Waals surface area contributed by atoms with E-state index in [0.29, 0.717) is 40.5 Å². The number of carbonyl (C=O) groups is 4. The summed E-state index contributed by atoms with van der Waals surface area (Å²) in [5.74, 6) is -3.77. The second-order valence-corrected chi connectivity index (χ2v) is 11.8. The van der Waals surface area contributed by atoms with Gasteiger partial charge in [0.25, 0.3) is 0 Å². The number of fused-ring (bicyclic) bond motifs is 2. The van der Waals surface area contributed by atoms with Gasteiger partial charge in [0.15, 0.2) is 0 Å². The first-order valence-electron chi connectivity index (χ1n) is 15.4. The first-order chi connectivity index (χ1) is 23.7. The predicted molar refractivity (Wildman–Crippen MR) is 184 cm³/mol. The number of phenols is 2. The van der Waals surface area contributed by atoms with Crippen molar-refractivity contribution in [3.63, 3.8) is 0 Å². The van der Waals surface area contributed by atoms with Gasteiger partial charge in [0.1, 0.15) is 11.5 Å². The normalized spacial score (nSPS) is 10.9. The van der Waals surface area contributed by atoms with Crippen LogP contribution in [0.5, 0.6) is 11.5 Å². The number of aromatic carboxylic acids is 2. The lowest BCUT2D eigenvalue weighted by Gasteiger charge is -2.09. The van der Waals surface area contributed by atoms with E-state index in [1.54, 1.807) is 73.7 Å². The molecule has 2 aromatic heterocycles. The summed E-state index contributed by atoms with van der Waals surface area (Å²) in [4.78, 5) is 45.3. The Balaban J connectivity index is 0.000000194. The molecule has 0 aliphatic rings. The molecule has 50 heavy (non-hydrogen) atoms. The summed E-state index contributed by atoms with van der Waals surface area (Å²) in [6.07, 6.45) is -0.414. The van der Waals surface area contributed by atoms with Crippen molar-refractivity contribution in [3.8, 4) is 11.5 Å². The van der Waals surface area contributed by atoms with E-state index in [1.165, 1.54) is 18.2 Å². The molecule has 0 aliphatic heterocycles. The van der Waals surface area contributed by atoms with Crippen LogP contribution in [0.3, 0.4) is 0 Å². The Morgan fingerprint density at radius 1 is 0.580 bits per heavy atom. The highest BCUT2D eigenvalue weighted by Gasteiger charge is 2.22. The fourth-order valence-electron chi connectivity index (χ4n) is 6.19. The molecule has 4 aromatic carbocycles. The van der Waals surface area contributed by atoms with Gasteiger partial charge in [-0.15, -0.1) is 0 Å². The third kappa shape index (κ3) is 7.29. The molecule has 256 valence electrons. The van der Waals surface area contributed by atoms with Crippen LogP contribution in [0.4, 0.5) is 0 Å². The fourth-order valence-corrected chi connectivity index (χ4v) is 6.19. The van der Waals surface area contributed by atoms with Crippen molar-refractivity contribution in [2.75, 3.05) is 0 Å². The van der Waals surface area contributed by atoms with Gasteiger partial charge in [-0.05, 0) is 90.7 Å². The van der Waals surface area contributed by atoms with E-state index in [2.05, 4.69) is 0 Å². The molecule has 0 saturated carbocycles. The average Bonchev–Trinajstić information content (AvgIpc) is 3.47. The van der Waals surface area contributed by atoms with Gasteiger partial charge >= 0.3 is 23.9 Å². The zero-order valence-electron chi connectivity index (χ0n) is 27.1. The smallest absolute Gasteiger partial charge is 0.336 e. The topological polar surface area (TPSA) is 200 Å². The van der Waals surface area contributed by atoms with Crippen molar-refractivity contribution in [2.45, 2.75) is 39.8 Å². The van der Waals surface area contributed by atoms with Crippen LogP contribution in [0.25, 0.3) is 21.8 Å². The summed E-state index contributed by atoms with van der Waals surface area (Å²) in [5.41, 5.74) is 6.19. The summed E-state index contributed by atoms with van der Waals surface area (Å²) in [5, 5.41) is 57.0. The van der Waals surface area contributed by atoms with Gasteiger partial charge < -0.3 is 39.8 Å². The van der Waals surface area contributed by atoms with Crippen molar-refractivity contribution >= 4 is 45.7 Å². The molecule has 6 N–H and O–H groups in total. The van der Waals surface area contributed by atoms with Gasteiger partial charge in [-0.25, -0.2) is 9.59 Å². The lowest BCUT2D eigenvalue weighted by Crippen LogP contribution is -2.05. The lowest BCUT2D eigenvalue weighted by molar-refractivity contribution is -0.137. The van der Waals surface area contributed by atoms with Crippen LogP contribution in [0, 0.1) is 13.8 Å². The third-order valence-electron chi connectivity index (χ3n) is 8.62. The molecule has 0 atom stereocenters. The highest BCUT2D eigenvalue weighted by molar-refractivity contribution is 6.06. The van der Waals surface area contributed by atoms with E-state index in [4.69, 9.17) is 0 Å². The van der Waals surface area contributed by atoms with Crippen LogP contribution in [-0.2, 0) is 35.5 Å². The van der Waals surface area contributed by atoms with Crippen molar-refractivity contribution < 1.29 is 49.8 Å². The summed E-state index contributed by atoms with van der Waals surface area (Å²) in [6, 6.07) is 23.2. The maximum atomic E-state index is 11.6. The zero-order chi connectivity index (χ0) is 36.3. The predicted octanol–water partition coefficient (Wildman–Crippen LogP) is 6.06. The number of carboxylic acid groups (broad SMARTS) is 4. The minimum atomic E-state index is -1.08. The largest absolute Gasteiger partial charge is 0.508 e. The van der Waals surface area contributed by atoms with Crippen molar-refractivity contribution in [3.05, 3.63) is 130 Å². The maximum Gasteiger partial charge on any atom is 0.336 e. The van der Waals surface area contributed by atoms with Crippen molar-refractivity contribution in [1.82, 2.24) is 9.13 Å². The highest BCUT2D eigenvalue weighted by atomic mass is 16.4. The minimum Gasteiger partial charge on any atom is -0.508 e. The molecule has 6 aromatic rings. The van der Waals surface area contributed by atoms with Gasteiger partial charge in [-0.1, -0.05) is 30.3 Å². The molecule has 0 bridgehead atoms. The van der Waals surface area contributed by atoms with E-state index in [1.807, 2.05) is 16.1 Å². The fraction of sp³-hybridized carbons (Fsp3) is 0.158. The SMILES string of the molecule is Cc1c(CC(=O)O)c2c(C(=O)O)cccc2n1Cc1ccc(O)cc1.Cc1c(CC(=O)O)c2cc(C(=O)O)ccc2n1Cc1ccc(O)cc1. The number of hydrogen-bond acceptors (Lipinski definition) is 6. The quantitative estimate of drug-likeness (QED) is 0.0990. The lowest BCUT2D eigenvalue weighted by atomic mass is 10.0. The van der Waals surface area contributed by atoms with Crippen LogP contribution in [0.1, 0.15) is 54.4 Å². The molecule has 12 nitrogen and oxygen atoms in total. The van der Waals surface area contributed by atoms with E-state index in [9.17, 15) is 49.8 Å². The van der Waals surface area contributed by atoms with Gasteiger partial charge in [-0.2, -0.15) is 0 Å². The number of rotatable bonds is 10. The maximum absolute atomic E-state index is 11.6. The monoisotopic (exact) mass is 678 g/mol. The Morgan fingerprint density at radius 2 is 1.08 bits per heavy atom. The van der Waals surface area contributed by atoms with Crippen LogP contribution in [0.15, 0.2) is 84.9 Å². The molecule has 2 heterocycles. The van der Waals surface area contributed by atoms with Crippen LogP contribution >= 0.6 is 0 Å². The molecule has 0 saturated heterocycles. The summed E-state index contributed by atoms with van der Waals surface area (Å²) >= 11 is 0. The minimum absolute atomic E-state index is 0.0984. The molecule has 0 radical (unpaired) electrons. The number of carboxylic acids is 4. The van der Waals surface area contributed by atoms with E-state index < -0.39 is 23.9 Å². The van der Waals surface area contributed by atoms with E-state index in [-0.39, 0.29) is 35.5 Å². The summed E-state index contributed by atoms with van der Waals surface area (Å²) in [7, 11) is 0. The first-order valence-corrected chi connectivity index (χ1v) is 15.4. The molecular formula is C38H34N2O10. The molecule has 0 spiro atoms. The Morgan fingerprint density at radius 3 is 1.58 bits per heavy atom. The highest BCUT2D eigenvalue weighted by Crippen LogP contribution is 2.31. The zero-order valence-corrected chi connectivity index (χ0v) is 27.1. The Labute approximate surface area is 285 Å². The Bertz CT molecular complexity index is 2260. The molecule has 0 fully saturated rings. The number of aromatic hydroxyl groups is 2. The molecule has 6 rings (SSSR count). The molecular weight excluding hydrogens is 644 g/mol. The third-order valence-corrected chi connectivity index (χ3v) is 8.62. The van der Waals surface area contributed by atoms with Gasteiger partial charge in [0.2, 0.25) is 0 Å². The number of aromatic nitrogens is 2. The molecule has 0 aliphatic carbocycles. The average molecular weight is 679 g/mol. The Kier molecular flexibility index (Phi) is 9.93. The number of aliphatic carboxylic acids is 2. The molecule has 0 unspecified atom stereocenters. The van der Waals surface area contributed by atoms with Crippen LogP contribution in [0.2, 0.25) is 0 Å². The number of hydrogen-bond donors (Lipinski definition) is 6. The summed E-state index contributed by atoms with van der Waals surface area (Å²) in [6.45, 7) is 4.57. The van der Waals surface area contributed by atoms with Gasteiger partial charge in [0.05, 0.1) is 24.0 Å². The second-order valence-electron chi connectivity index (χ2n) is 11.8. The number of benzene rings is 4. The molecule has 0 amide bonds. The van der Waals surface area contributed by atoms with Crippen molar-refractivity contribution in [1.29, 1.82) is 0 Å². The van der Waals surface area contributed by atoms with E-state index in [0.717, 1.165) is 28.0 Å². The van der Waals surface area contributed by atoms with Crippen molar-refractivity contribution in [2.24, 2.45) is 0 Å². The molecule has 12 heteroatoms. The summed E-state index contributed by atoms with van der Waals surface area (Å²) < 4.78 is 3.87. The van der Waals surface area contributed by atoms with Gasteiger partial charge in [-0.3, -0.25) is 9.59 Å². The number of nitrogens with zero attached hydrogens (tertiary/aromatic N) is 2. The van der Waals surface area contributed by atoms with Crippen LogP contribution in [-0.4, -0.2) is 63.7 Å². The standard InChI is InChI=1S/2C19H17NO5/c1-11-15(9-18(22)23)16-8-13(19(24)25)4-7-17(16)20(11)10-12-2-5-14(21)6-3-12;1-11-15(9-17(22)23)18-14(19(24)25)3-2-4-16(18)20(11)10-12-5-7-13(21)8-6-12/h2*2-8,21H,9-10H2,1H3,(H,22,23)(H,24,25). The number of phenolic OH excluding ortho intramolecular Hbond substituents is 2. The van der Waals surface area contributed by atoms with Crippen LogP contribution < -0.4 is 0 Å².